The predicted molar refractivity (Wildman–Crippen MR) is 95.1 cm³/mol. The average molecular weight is 361 g/mol. The molecule has 7 heteroatoms. The van der Waals surface area contributed by atoms with E-state index in [2.05, 4.69) is 4.98 Å². The van der Waals surface area contributed by atoms with Crippen molar-refractivity contribution in [3.05, 3.63) is 34.2 Å². The first-order chi connectivity index (χ1) is 11.9. The normalized spacial score (nSPS) is 18.4. The summed E-state index contributed by atoms with van der Waals surface area (Å²) in [6.07, 6.45) is 1.78. The highest BCUT2D eigenvalue weighted by Gasteiger charge is 2.49. The van der Waals surface area contributed by atoms with E-state index in [0.717, 1.165) is 5.06 Å². The van der Waals surface area contributed by atoms with Gasteiger partial charge in [-0.25, -0.2) is 9.59 Å². The van der Waals surface area contributed by atoms with Gasteiger partial charge in [-0.3, -0.25) is 4.98 Å². The van der Waals surface area contributed by atoms with Crippen LogP contribution in [0.1, 0.15) is 65.4 Å². The van der Waals surface area contributed by atoms with E-state index < -0.39 is 23.0 Å². The van der Waals surface area contributed by atoms with Crippen LogP contribution in [0.2, 0.25) is 0 Å². The second kappa shape index (κ2) is 6.48. The number of ether oxygens (including phenoxy) is 2. The number of carbonyl (C=O) groups excluding carboxylic acids is 2. The van der Waals surface area contributed by atoms with E-state index >= 15 is 0 Å². The molecule has 0 aliphatic carbocycles. The second-order valence-electron chi connectivity index (χ2n) is 7.46. The average Bonchev–Trinajstić information content (AvgIpc) is 2.72. The molecule has 0 unspecified atom stereocenters. The summed E-state index contributed by atoms with van der Waals surface area (Å²) in [6, 6.07) is 0. The van der Waals surface area contributed by atoms with Crippen LogP contribution in [0.4, 0.5) is 0 Å². The molecule has 0 fully saturated rings. The number of hydrogen-bond donors (Lipinski definition) is 0. The van der Waals surface area contributed by atoms with Gasteiger partial charge >= 0.3 is 11.9 Å². The lowest BCUT2D eigenvalue weighted by atomic mass is 9.83. The first kappa shape index (κ1) is 20.1. The molecule has 1 aliphatic rings. The van der Waals surface area contributed by atoms with E-state index in [0.29, 0.717) is 22.5 Å². The fourth-order valence-corrected chi connectivity index (χ4v) is 3.62. The minimum absolute atomic E-state index is 0.170. The van der Waals surface area contributed by atoms with Crippen LogP contribution in [-0.4, -0.2) is 47.3 Å². The van der Waals surface area contributed by atoms with Gasteiger partial charge in [0, 0.05) is 5.56 Å². The fraction of sp³-hybridized carbons (Fsp3) is 0.526. The lowest BCUT2D eigenvalue weighted by Crippen LogP contribution is -2.46. The standard InChI is InChI=1S/C19H25N2O5/c1-10-13(16(22)25-7)15(14(11(2)20-10)17(23)26-8)12-9-18(3,4)21(24)19(12,5)6/h9H,1-8H3. The topological polar surface area (TPSA) is 88.6 Å². The Morgan fingerprint density at radius 2 is 1.38 bits per heavy atom. The smallest absolute Gasteiger partial charge is 0.340 e. The summed E-state index contributed by atoms with van der Waals surface area (Å²) < 4.78 is 9.85. The molecular weight excluding hydrogens is 336 g/mol. The number of aryl methyl sites for hydroxylation is 2. The van der Waals surface area contributed by atoms with E-state index in [4.69, 9.17) is 9.47 Å². The van der Waals surface area contributed by atoms with Gasteiger partial charge in [-0.1, -0.05) is 6.08 Å². The molecule has 0 bridgehead atoms. The molecule has 141 valence electrons. The Morgan fingerprint density at radius 1 is 0.962 bits per heavy atom. The number of methoxy groups -OCH3 is 2. The minimum Gasteiger partial charge on any atom is -0.465 e. The van der Waals surface area contributed by atoms with Crippen molar-refractivity contribution in [1.29, 1.82) is 0 Å². The Balaban J connectivity index is 2.98. The molecule has 1 aromatic heterocycles. The van der Waals surface area contributed by atoms with Crippen molar-refractivity contribution >= 4 is 17.5 Å². The van der Waals surface area contributed by atoms with Crippen molar-refractivity contribution in [2.75, 3.05) is 14.2 Å². The molecule has 0 atom stereocenters. The van der Waals surface area contributed by atoms with E-state index in [1.165, 1.54) is 14.2 Å². The Morgan fingerprint density at radius 3 is 1.69 bits per heavy atom. The van der Waals surface area contributed by atoms with Gasteiger partial charge in [0.05, 0.1) is 47.8 Å². The summed E-state index contributed by atoms with van der Waals surface area (Å²) in [5.41, 5.74) is 0.358. The molecular formula is C19H25N2O5. The van der Waals surface area contributed by atoms with Gasteiger partial charge in [-0.15, -0.1) is 10.3 Å². The summed E-state index contributed by atoms with van der Waals surface area (Å²) in [5, 5.41) is 13.8. The van der Waals surface area contributed by atoms with Gasteiger partial charge in [-0.2, -0.15) is 0 Å². The summed E-state index contributed by atoms with van der Waals surface area (Å²) in [6.45, 7) is 10.4. The number of esters is 2. The Hall–Kier alpha value is -2.25. The molecule has 0 spiro atoms. The Kier molecular flexibility index (Phi) is 5.00. The third-order valence-corrected chi connectivity index (χ3v) is 4.80. The Bertz CT molecular complexity index is 768. The Labute approximate surface area is 153 Å². The molecule has 0 N–H and O–H groups in total. The van der Waals surface area contributed by atoms with Crippen LogP contribution < -0.4 is 0 Å². The monoisotopic (exact) mass is 361 g/mol. The summed E-state index contributed by atoms with van der Waals surface area (Å²) in [4.78, 5) is 29.3. The van der Waals surface area contributed by atoms with Gasteiger partial charge in [0.15, 0.2) is 0 Å². The van der Waals surface area contributed by atoms with Crippen molar-refractivity contribution in [3.8, 4) is 0 Å². The number of rotatable bonds is 3. The lowest BCUT2D eigenvalue weighted by Gasteiger charge is -2.34. The van der Waals surface area contributed by atoms with Crippen molar-refractivity contribution in [2.24, 2.45) is 0 Å². The zero-order valence-corrected chi connectivity index (χ0v) is 16.5. The van der Waals surface area contributed by atoms with Crippen molar-refractivity contribution in [2.45, 2.75) is 52.6 Å². The van der Waals surface area contributed by atoms with Crippen LogP contribution in [0.5, 0.6) is 0 Å². The first-order valence-corrected chi connectivity index (χ1v) is 8.29. The molecule has 0 aromatic carbocycles. The highest BCUT2D eigenvalue weighted by Crippen LogP contribution is 2.46. The van der Waals surface area contributed by atoms with Crippen LogP contribution in [0.15, 0.2) is 6.08 Å². The number of pyridine rings is 1. The van der Waals surface area contributed by atoms with Gasteiger partial charge in [0.2, 0.25) is 0 Å². The van der Waals surface area contributed by atoms with E-state index in [-0.39, 0.29) is 11.1 Å². The fourth-order valence-electron chi connectivity index (χ4n) is 3.62. The van der Waals surface area contributed by atoms with Crippen LogP contribution in [-0.2, 0) is 14.7 Å². The quantitative estimate of drug-likeness (QED) is 0.769. The zero-order valence-electron chi connectivity index (χ0n) is 16.5. The third kappa shape index (κ3) is 2.91. The van der Waals surface area contributed by atoms with Crippen molar-refractivity contribution < 1.29 is 24.3 Å². The maximum atomic E-state index is 12.8. The maximum Gasteiger partial charge on any atom is 0.340 e. The second-order valence-corrected chi connectivity index (χ2v) is 7.46. The summed E-state index contributed by atoms with van der Waals surface area (Å²) >= 11 is 0. The molecule has 1 aromatic rings. The van der Waals surface area contributed by atoms with Crippen LogP contribution >= 0.6 is 0 Å². The number of nitrogens with zero attached hydrogens (tertiary/aromatic N) is 2. The summed E-state index contributed by atoms with van der Waals surface area (Å²) in [5.74, 6) is -1.23. The number of aromatic nitrogens is 1. The molecule has 2 rings (SSSR count). The molecule has 26 heavy (non-hydrogen) atoms. The van der Waals surface area contributed by atoms with Gasteiger partial charge in [0.1, 0.15) is 0 Å². The largest absolute Gasteiger partial charge is 0.465 e. The van der Waals surface area contributed by atoms with Crippen molar-refractivity contribution in [3.63, 3.8) is 0 Å². The summed E-state index contributed by atoms with van der Waals surface area (Å²) in [7, 11) is 2.53. The highest BCUT2D eigenvalue weighted by atomic mass is 16.5. The molecule has 1 aliphatic heterocycles. The zero-order chi connectivity index (χ0) is 20.0. The van der Waals surface area contributed by atoms with Gasteiger partial charge in [0.25, 0.3) is 0 Å². The third-order valence-electron chi connectivity index (χ3n) is 4.80. The number of hydrogen-bond acceptors (Lipinski definition) is 6. The first-order valence-electron chi connectivity index (χ1n) is 8.29. The highest BCUT2D eigenvalue weighted by molar-refractivity contribution is 6.05. The van der Waals surface area contributed by atoms with Crippen LogP contribution in [0, 0.1) is 13.8 Å². The van der Waals surface area contributed by atoms with Crippen LogP contribution in [0.3, 0.4) is 0 Å². The number of hydroxylamine groups is 2. The van der Waals surface area contributed by atoms with E-state index in [9.17, 15) is 14.8 Å². The van der Waals surface area contributed by atoms with Crippen molar-refractivity contribution in [1.82, 2.24) is 10.0 Å². The minimum atomic E-state index is -0.963. The molecule has 0 saturated heterocycles. The molecule has 7 nitrogen and oxygen atoms in total. The number of carbonyl (C=O) groups is 2. The van der Waals surface area contributed by atoms with E-state index in [1.54, 1.807) is 47.6 Å². The van der Waals surface area contributed by atoms with Crippen LogP contribution in [0.25, 0.3) is 5.57 Å². The maximum absolute atomic E-state index is 12.8. The van der Waals surface area contributed by atoms with E-state index in [1.807, 2.05) is 0 Å². The molecule has 1 radical (unpaired) electrons. The predicted octanol–water partition coefficient (Wildman–Crippen LogP) is 2.87. The molecule has 0 saturated carbocycles. The lowest BCUT2D eigenvalue weighted by molar-refractivity contribution is -0.234. The van der Waals surface area contributed by atoms with Gasteiger partial charge < -0.3 is 9.47 Å². The SMILES string of the molecule is COC(=O)c1c(C)nc(C)c(C(=O)OC)c1C1=CC(C)(C)N([O])C1(C)C. The molecule has 2 heterocycles. The van der Waals surface area contributed by atoms with Gasteiger partial charge in [-0.05, 0) is 47.1 Å². The molecule has 0 amide bonds.